The molecule has 6 fully saturated rings. The van der Waals surface area contributed by atoms with Crippen molar-refractivity contribution in [3.8, 4) is 17.2 Å². The average molecular weight is 1190 g/mol. The molecule has 12 rings (SSSR count). The van der Waals surface area contributed by atoms with Crippen LogP contribution >= 0.6 is 0 Å². The van der Waals surface area contributed by atoms with Gasteiger partial charge in [0, 0.05) is 114 Å². The maximum Gasteiger partial charge on any atom is 3.00 e. The quantitative estimate of drug-likeness (QED) is 0.147. The number of hydrogen-bond acceptors (Lipinski definition) is 18. The average Bonchev–Trinajstić information content (AvgIpc) is 4.04. The number of anilines is 3. The van der Waals surface area contributed by atoms with E-state index >= 15 is 13.2 Å². The van der Waals surface area contributed by atoms with Crippen molar-refractivity contribution in [2.24, 2.45) is 0 Å². The molecule has 432 valence electrons. The Morgan fingerprint density at radius 3 is 0.915 bits per heavy atom. The van der Waals surface area contributed by atoms with Gasteiger partial charge in [-0.05, 0) is 77.5 Å². The molecule has 3 atom stereocenters. The Kier molecular flexibility index (Phi) is 17.4. The van der Waals surface area contributed by atoms with Crippen LogP contribution in [0.25, 0.3) is 32.7 Å². The minimum Gasteiger partial charge on any atom is -0.545 e. The molecule has 0 bridgehead atoms. The van der Waals surface area contributed by atoms with Crippen LogP contribution in [0.1, 0.15) is 108 Å². The molecule has 3 aromatic heterocycles. The molecule has 0 radical (unpaired) electrons. The zero-order valence-electron chi connectivity index (χ0n) is 46.3. The van der Waals surface area contributed by atoms with E-state index in [0.717, 1.165) is 56.7 Å². The van der Waals surface area contributed by atoms with Gasteiger partial charge in [-0.1, -0.05) is 0 Å². The fourth-order valence-corrected chi connectivity index (χ4v) is 11.6. The van der Waals surface area contributed by atoms with Gasteiger partial charge in [-0.3, -0.25) is 14.4 Å². The summed E-state index contributed by atoms with van der Waals surface area (Å²) < 4.78 is 67.2. The summed E-state index contributed by atoms with van der Waals surface area (Å²) in [5.74, 6) is -5.65. The molecule has 6 aromatic rings. The van der Waals surface area contributed by atoms with E-state index < -0.39 is 68.3 Å². The minimum absolute atomic E-state index is 0. The summed E-state index contributed by atoms with van der Waals surface area (Å²) in [4.78, 5) is 77.8. The van der Waals surface area contributed by atoms with Crippen LogP contribution in [0.4, 0.5) is 30.2 Å². The number of carboxylic acids is 3. The van der Waals surface area contributed by atoms with E-state index in [0.29, 0.717) is 92.5 Å². The number of methoxy groups -OCH3 is 3. The molecule has 25 heteroatoms. The maximum absolute atomic E-state index is 15.1. The maximum atomic E-state index is 15.1. The fraction of sp³-hybridized carbons (Fsp3) is 0.474. The van der Waals surface area contributed by atoms with Crippen molar-refractivity contribution in [2.75, 3.05) is 94.9 Å². The van der Waals surface area contributed by atoms with Crippen molar-refractivity contribution in [1.82, 2.24) is 29.7 Å². The van der Waals surface area contributed by atoms with Crippen molar-refractivity contribution in [3.05, 3.63) is 102 Å². The number of aromatic nitrogens is 3. The number of carbonyl (C=O) groups excluding carboxylic acids is 3. The van der Waals surface area contributed by atoms with Crippen LogP contribution in [0.5, 0.6) is 17.2 Å². The van der Waals surface area contributed by atoms with Crippen molar-refractivity contribution in [2.45, 2.75) is 95.5 Å². The van der Waals surface area contributed by atoms with Crippen LogP contribution in [-0.4, -0.2) is 150 Å². The molecular formula is C57H63F3GaN9O12. The van der Waals surface area contributed by atoms with Crippen LogP contribution in [0.2, 0.25) is 0 Å². The number of benzene rings is 3. The normalized spacial score (nSPS) is 19.9. The first kappa shape index (κ1) is 59.4. The molecule has 3 aliphatic heterocycles. The third kappa shape index (κ3) is 11.4. The minimum atomic E-state index is -1.56. The molecule has 82 heavy (non-hydrogen) atoms. The SMILES string of the molecule is COc1c(N2CCNC(C)C2)c(F)cc2c(=O)c(C(=O)[O-])cn(C3CC3)c12.COc1c(N2CCNC(C)C2)c(F)cc2c(=O)c(C(=O)[O-])cn(C3CC3)c12.COc1c(N2CCNC(C)C2)c(F)cc2c(=O)c(C(=O)[O-])cn(C3CC3)c12.[Ga+3]. The van der Waals surface area contributed by atoms with Gasteiger partial charge < -0.3 is 88.3 Å². The van der Waals surface area contributed by atoms with Gasteiger partial charge in [-0.2, -0.15) is 0 Å². The predicted molar refractivity (Wildman–Crippen MR) is 297 cm³/mol. The molecule has 3 unspecified atom stereocenters. The molecule has 3 aliphatic carbocycles. The van der Waals surface area contributed by atoms with Crippen molar-refractivity contribution < 1.29 is 57.1 Å². The van der Waals surface area contributed by atoms with E-state index in [9.17, 15) is 44.1 Å². The van der Waals surface area contributed by atoms with Crippen molar-refractivity contribution in [3.63, 3.8) is 0 Å². The Morgan fingerprint density at radius 1 is 0.476 bits per heavy atom. The molecule has 21 nitrogen and oxygen atoms in total. The van der Waals surface area contributed by atoms with E-state index in [2.05, 4.69) is 16.0 Å². The second kappa shape index (κ2) is 24.0. The van der Waals surface area contributed by atoms with Crippen LogP contribution in [0.3, 0.4) is 0 Å². The van der Waals surface area contributed by atoms with Crippen molar-refractivity contribution >= 4 is 87.5 Å². The Morgan fingerprint density at radius 2 is 0.720 bits per heavy atom. The fourth-order valence-electron chi connectivity index (χ4n) is 11.6. The van der Waals surface area contributed by atoms with Gasteiger partial charge in [-0.25, -0.2) is 13.2 Å². The van der Waals surface area contributed by atoms with Crippen LogP contribution in [0, 0.1) is 17.5 Å². The zero-order chi connectivity index (χ0) is 57.9. The summed E-state index contributed by atoms with van der Waals surface area (Å²) in [5.41, 5.74) is -1.36. The van der Waals surface area contributed by atoms with E-state index in [1.807, 2.05) is 35.5 Å². The van der Waals surface area contributed by atoms with Gasteiger partial charge in [0.1, 0.15) is 17.1 Å². The molecule has 0 spiro atoms. The number of hydrogen-bond donors (Lipinski definition) is 3. The number of ether oxygens (including phenoxy) is 3. The summed E-state index contributed by atoms with van der Waals surface area (Å²) in [6.45, 7) is 11.8. The topological polar surface area (TPSA) is 260 Å². The summed E-state index contributed by atoms with van der Waals surface area (Å²) in [7, 11) is 4.33. The number of nitrogens with zero attached hydrogens (tertiary/aromatic N) is 6. The first-order valence-electron chi connectivity index (χ1n) is 27.2. The van der Waals surface area contributed by atoms with Gasteiger partial charge in [-0.15, -0.1) is 0 Å². The number of fused-ring (bicyclic) bond motifs is 3. The van der Waals surface area contributed by atoms with E-state index in [4.69, 9.17) is 14.2 Å². The Hall–Kier alpha value is -7.19. The molecule has 3 saturated carbocycles. The number of halogens is 3. The number of aromatic carboxylic acids is 3. The summed E-state index contributed by atoms with van der Waals surface area (Å²) in [6.07, 6.45) is 9.12. The number of nitrogens with one attached hydrogen (secondary N) is 3. The standard InChI is InChI=1S/3C19H22FN3O4.Ga/c3*1-10-8-22(6-5-21-10)16-14(20)7-12-15(18(16)27-2)23(11-3-4-11)9-13(17(12)24)19(25)26;/h3*7,9-11,21H,3-6,8H2,1-2H3,(H,25,26);/q;;;+3/p-3. The predicted octanol–water partition coefficient (Wildman–Crippen LogP) is 1.56. The molecular weight excluding hydrogens is 1130 g/mol. The number of piperazine rings is 3. The van der Waals surface area contributed by atoms with Gasteiger partial charge in [0.25, 0.3) is 0 Å². The molecule has 3 N–H and O–H groups in total. The van der Waals surface area contributed by atoms with Crippen molar-refractivity contribution in [1.29, 1.82) is 0 Å². The van der Waals surface area contributed by atoms with E-state index in [1.165, 1.54) is 39.9 Å². The Balaban J connectivity index is 0.000000147. The summed E-state index contributed by atoms with van der Waals surface area (Å²) >= 11 is 0. The summed E-state index contributed by atoms with van der Waals surface area (Å²) in [5, 5.41) is 44.1. The van der Waals surface area contributed by atoms with Crippen LogP contribution < -0.4 is 76.5 Å². The van der Waals surface area contributed by atoms with Gasteiger partial charge >= 0.3 is 19.8 Å². The zero-order valence-corrected chi connectivity index (χ0v) is 48.8. The first-order chi connectivity index (χ1) is 38.8. The first-order valence-corrected chi connectivity index (χ1v) is 27.2. The third-order valence-electron chi connectivity index (χ3n) is 15.7. The number of rotatable bonds is 12. The number of carboxylic acid groups (broad SMARTS) is 3. The van der Waals surface area contributed by atoms with Gasteiger partial charge in [0.05, 0.1) is 88.6 Å². The molecule has 3 aromatic carbocycles. The molecule has 6 aliphatic rings. The Labute approximate surface area is 481 Å². The smallest absolute Gasteiger partial charge is 0.545 e. The number of carbonyl (C=O) groups is 3. The largest absolute Gasteiger partial charge is 3.00 e. The van der Waals surface area contributed by atoms with E-state index in [-0.39, 0.29) is 89.4 Å². The second-order valence-corrected chi connectivity index (χ2v) is 21.7. The molecule has 0 amide bonds. The molecule has 6 heterocycles. The molecule has 3 saturated heterocycles. The Bertz CT molecular complexity index is 3340. The van der Waals surface area contributed by atoms with Crippen LogP contribution in [0.15, 0.2) is 51.2 Å². The monoisotopic (exact) mass is 1190 g/mol. The van der Waals surface area contributed by atoms with Gasteiger partial charge in [0.15, 0.2) is 51.0 Å². The number of pyridine rings is 3. The van der Waals surface area contributed by atoms with Crippen LogP contribution in [-0.2, 0) is 0 Å². The van der Waals surface area contributed by atoms with Gasteiger partial charge in [0.2, 0.25) is 0 Å². The second-order valence-electron chi connectivity index (χ2n) is 21.7. The summed E-state index contributed by atoms with van der Waals surface area (Å²) in [6, 6.07) is 4.16. The van der Waals surface area contributed by atoms with E-state index in [1.54, 1.807) is 13.7 Å². The third-order valence-corrected chi connectivity index (χ3v) is 15.7.